The van der Waals surface area contributed by atoms with Crippen LogP contribution in [0.5, 0.6) is 0 Å². The molecule has 4 nitrogen and oxygen atoms in total. The maximum absolute atomic E-state index is 11.9. The van der Waals surface area contributed by atoms with Gasteiger partial charge in [-0.15, -0.1) is 0 Å². The summed E-state index contributed by atoms with van der Waals surface area (Å²) in [5, 5.41) is 3.42. The lowest BCUT2D eigenvalue weighted by molar-refractivity contribution is 0.0738. The second-order valence-electron chi connectivity index (χ2n) is 5.03. The number of carbonyl (C=O) groups excluding carboxylic acids is 1. The van der Waals surface area contributed by atoms with Crippen LogP contribution in [0.15, 0.2) is 0 Å². The van der Waals surface area contributed by atoms with Crippen LogP contribution in [0.25, 0.3) is 0 Å². The summed E-state index contributed by atoms with van der Waals surface area (Å²) in [7, 11) is 0. The summed E-state index contributed by atoms with van der Waals surface area (Å²) in [5.41, 5.74) is 0. The molecule has 0 saturated carbocycles. The highest BCUT2D eigenvalue weighted by Crippen LogP contribution is 2.09. The molecule has 0 bridgehead atoms. The highest BCUT2D eigenvalue weighted by Gasteiger charge is 2.22. The van der Waals surface area contributed by atoms with Gasteiger partial charge in [-0.1, -0.05) is 13.3 Å². The smallest absolute Gasteiger partial charge is 0.410 e. The molecule has 0 radical (unpaired) electrons. The summed E-state index contributed by atoms with van der Waals surface area (Å²) in [6, 6.07) is 0.451. The van der Waals surface area contributed by atoms with Crippen LogP contribution in [0.3, 0.4) is 0 Å². The van der Waals surface area contributed by atoms with Gasteiger partial charge < -0.3 is 15.0 Å². The van der Waals surface area contributed by atoms with Crippen LogP contribution in [0.1, 0.15) is 46.5 Å². The Balaban J connectivity index is 2.43. The zero-order valence-corrected chi connectivity index (χ0v) is 11.4. The first-order valence-corrected chi connectivity index (χ1v) is 6.82. The molecule has 17 heavy (non-hydrogen) atoms. The maximum atomic E-state index is 11.9. The van der Waals surface area contributed by atoms with E-state index in [4.69, 9.17) is 4.74 Å². The molecule has 0 aromatic heterocycles. The molecule has 1 fully saturated rings. The van der Waals surface area contributed by atoms with Gasteiger partial charge in [0.15, 0.2) is 0 Å². The van der Waals surface area contributed by atoms with Crippen molar-refractivity contribution in [2.24, 2.45) is 0 Å². The highest BCUT2D eigenvalue weighted by atomic mass is 16.6. The van der Waals surface area contributed by atoms with Crippen LogP contribution in [-0.4, -0.2) is 42.8 Å². The summed E-state index contributed by atoms with van der Waals surface area (Å²) in [6.45, 7) is 8.59. The lowest BCUT2D eigenvalue weighted by Crippen LogP contribution is -2.42. The van der Waals surface area contributed by atoms with Gasteiger partial charge in [0.05, 0.1) is 6.10 Å². The van der Waals surface area contributed by atoms with Crippen molar-refractivity contribution in [3.63, 3.8) is 0 Å². The van der Waals surface area contributed by atoms with Gasteiger partial charge in [-0.3, -0.25) is 0 Å². The van der Waals surface area contributed by atoms with Crippen LogP contribution >= 0.6 is 0 Å². The molecule has 0 spiro atoms. The number of nitrogens with one attached hydrogen (secondary N) is 1. The molecule has 1 heterocycles. The fourth-order valence-electron chi connectivity index (χ4n) is 2.06. The first kappa shape index (κ1) is 14.3. The molecule has 100 valence electrons. The Labute approximate surface area is 105 Å². The fraction of sp³-hybridized carbons (Fsp3) is 0.923. The van der Waals surface area contributed by atoms with Crippen molar-refractivity contribution in [3.05, 3.63) is 0 Å². The van der Waals surface area contributed by atoms with E-state index < -0.39 is 0 Å². The van der Waals surface area contributed by atoms with Crippen molar-refractivity contribution in [2.45, 2.75) is 58.6 Å². The summed E-state index contributed by atoms with van der Waals surface area (Å²) in [4.78, 5) is 13.8. The number of ether oxygens (including phenoxy) is 1. The molecule has 1 aliphatic rings. The Morgan fingerprint density at radius 2 is 2.29 bits per heavy atom. The van der Waals surface area contributed by atoms with E-state index in [2.05, 4.69) is 12.2 Å². The van der Waals surface area contributed by atoms with E-state index in [9.17, 15) is 4.79 Å². The number of unbranched alkanes of at least 4 members (excludes halogenated alkanes) is 1. The summed E-state index contributed by atoms with van der Waals surface area (Å²) >= 11 is 0. The molecule has 4 heteroatoms. The summed E-state index contributed by atoms with van der Waals surface area (Å²) in [6.07, 6.45) is 4.32. The number of hydrogen-bond acceptors (Lipinski definition) is 3. The van der Waals surface area contributed by atoms with Gasteiger partial charge in [-0.05, 0) is 39.7 Å². The van der Waals surface area contributed by atoms with Crippen LogP contribution in [-0.2, 0) is 4.74 Å². The average molecular weight is 242 g/mol. The van der Waals surface area contributed by atoms with E-state index in [1.54, 1.807) is 0 Å². The zero-order chi connectivity index (χ0) is 12.7. The zero-order valence-electron chi connectivity index (χ0n) is 11.4. The number of amides is 1. The van der Waals surface area contributed by atoms with Crippen LogP contribution in [0.4, 0.5) is 4.79 Å². The second kappa shape index (κ2) is 7.54. The second-order valence-corrected chi connectivity index (χ2v) is 5.03. The van der Waals surface area contributed by atoms with Gasteiger partial charge in [0, 0.05) is 19.1 Å². The molecule has 1 rings (SSSR count). The number of nitrogens with zero attached hydrogens (tertiary/aromatic N) is 1. The molecule has 1 amide bonds. The lowest BCUT2D eigenvalue weighted by atomic mass is 10.2. The van der Waals surface area contributed by atoms with Crippen LogP contribution in [0.2, 0.25) is 0 Å². The van der Waals surface area contributed by atoms with Gasteiger partial charge in [-0.2, -0.15) is 0 Å². The standard InChI is InChI=1S/C13H26N2O2/c1-4-5-9-15(13(16)17-11(2)3)10-12-7-6-8-14-12/h11-12,14H,4-10H2,1-3H3. The first-order chi connectivity index (χ1) is 8.13. The molecular formula is C13H26N2O2. The Kier molecular flexibility index (Phi) is 6.34. The molecule has 1 atom stereocenters. The summed E-state index contributed by atoms with van der Waals surface area (Å²) in [5.74, 6) is 0. The predicted octanol–water partition coefficient (Wildman–Crippen LogP) is 2.39. The third-order valence-corrected chi connectivity index (χ3v) is 2.98. The van der Waals surface area contributed by atoms with Crippen molar-refractivity contribution >= 4 is 6.09 Å². The number of hydrogen-bond donors (Lipinski definition) is 1. The third-order valence-electron chi connectivity index (χ3n) is 2.98. The Morgan fingerprint density at radius 3 is 2.82 bits per heavy atom. The van der Waals surface area contributed by atoms with E-state index in [1.807, 2.05) is 18.7 Å². The van der Waals surface area contributed by atoms with Crippen molar-refractivity contribution in [1.82, 2.24) is 10.2 Å². The minimum absolute atomic E-state index is 0.0387. The number of rotatable bonds is 6. The molecule has 1 N–H and O–H groups in total. The van der Waals surface area contributed by atoms with Crippen LogP contribution < -0.4 is 5.32 Å². The molecule has 0 aromatic carbocycles. The normalized spacial score (nSPS) is 19.6. The Bertz CT molecular complexity index is 225. The Hall–Kier alpha value is -0.770. The fourth-order valence-corrected chi connectivity index (χ4v) is 2.06. The van der Waals surface area contributed by atoms with E-state index in [0.29, 0.717) is 6.04 Å². The molecule has 1 saturated heterocycles. The highest BCUT2D eigenvalue weighted by molar-refractivity contribution is 5.67. The van der Waals surface area contributed by atoms with E-state index in [0.717, 1.165) is 38.9 Å². The minimum atomic E-state index is -0.165. The monoisotopic (exact) mass is 242 g/mol. The third kappa shape index (κ3) is 5.39. The average Bonchev–Trinajstić information content (AvgIpc) is 2.75. The van der Waals surface area contributed by atoms with Crippen molar-refractivity contribution in [1.29, 1.82) is 0 Å². The van der Waals surface area contributed by atoms with Crippen molar-refractivity contribution in [3.8, 4) is 0 Å². The molecular weight excluding hydrogens is 216 g/mol. The van der Waals surface area contributed by atoms with Crippen LogP contribution in [0, 0.1) is 0 Å². The largest absolute Gasteiger partial charge is 0.447 e. The van der Waals surface area contributed by atoms with E-state index in [1.165, 1.54) is 6.42 Å². The van der Waals surface area contributed by atoms with Gasteiger partial charge in [0.25, 0.3) is 0 Å². The van der Waals surface area contributed by atoms with Crippen molar-refractivity contribution < 1.29 is 9.53 Å². The van der Waals surface area contributed by atoms with E-state index in [-0.39, 0.29) is 12.2 Å². The summed E-state index contributed by atoms with van der Waals surface area (Å²) < 4.78 is 5.28. The Morgan fingerprint density at radius 1 is 1.53 bits per heavy atom. The van der Waals surface area contributed by atoms with E-state index >= 15 is 0 Å². The number of carbonyl (C=O) groups is 1. The predicted molar refractivity (Wildman–Crippen MR) is 69.1 cm³/mol. The quantitative estimate of drug-likeness (QED) is 0.777. The van der Waals surface area contributed by atoms with Crippen molar-refractivity contribution in [2.75, 3.05) is 19.6 Å². The lowest BCUT2D eigenvalue weighted by Gasteiger charge is -2.26. The SMILES string of the molecule is CCCCN(CC1CCCN1)C(=O)OC(C)C. The molecule has 0 aliphatic carbocycles. The van der Waals surface area contributed by atoms with Gasteiger partial charge in [0.2, 0.25) is 0 Å². The van der Waals surface area contributed by atoms with Gasteiger partial charge in [0.1, 0.15) is 0 Å². The van der Waals surface area contributed by atoms with Gasteiger partial charge >= 0.3 is 6.09 Å². The van der Waals surface area contributed by atoms with Gasteiger partial charge in [-0.25, -0.2) is 4.79 Å². The topological polar surface area (TPSA) is 41.6 Å². The molecule has 1 aliphatic heterocycles. The minimum Gasteiger partial charge on any atom is -0.447 e. The first-order valence-electron chi connectivity index (χ1n) is 6.82. The molecule has 0 aromatic rings. The maximum Gasteiger partial charge on any atom is 0.410 e. The molecule has 1 unspecified atom stereocenters.